The molecule has 30 heavy (non-hydrogen) atoms. The van der Waals surface area contributed by atoms with Gasteiger partial charge in [-0.25, -0.2) is 0 Å². The van der Waals surface area contributed by atoms with E-state index in [1.54, 1.807) is 14.0 Å². The van der Waals surface area contributed by atoms with E-state index in [4.69, 9.17) is 14.2 Å². The molecule has 8 nitrogen and oxygen atoms in total. The van der Waals surface area contributed by atoms with Gasteiger partial charge in [-0.05, 0) is 44.5 Å². The Morgan fingerprint density at radius 3 is 2.87 bits per heavy atom. The van der Waals surface area contributed by atoms with E-state index < -0.39 is 22.8 Å². The normalized spacial score (nSPS) is 40.6. The van der Waals surface area contributed by atoms with Gasteiger partial charge in [-0.3, -0.25) is 4.79 Å². The van der Waals surface area contributed by atoms with Crippen molar-refractivity contribution in [2.45, 2.75) is 68.4 Å². The van der Waals surface area contributed by atoms with Crippen LogP contribution < -0.4 is 9.47 Å². The number of piperidine rings is 1. The molecule has 2 bridgehead atoms. The molecule has 1 saturated carbocycles. The fraction of sp³-hybridized carbons (Fsp3) is 0.636. The van der Waals surface area contributed by atoms with E-state index in [0.29, 0.717) is 36.7 Å². The number of methoxy groups -OCH3 is 1. The third kappa shape index (κ3) is 1.78. The molecule has 2 fully saturated rings. The first-order valence-electron chi connectivity index (χ1n) is 10.6. The number of carbonyl (C=O) groups is 1. The molecule has 1 aromatic carbocycles. The number of hydrogen-bond acceptors (Lipinski definition) is 7. The maximum Gasteiger partial charge on any atom is 0.244 e. The standard InChI is InChI=1S/C22H27N3O5/c1-12-23-25(13(2)26)22(30-12)8-7-21(27)16-11-14-5-6-15(28-4)18-17(14)20(21,19(22)29-18)9-10-24(16)3/h5-6,16,19,27H,7-11H2,1-4H3/t16-,19-,20+,21-,22+/m1/s1. The number of aliphatic hydroxyl groups is 1. The molecule has 5 aliphatic rings. The summed E-state index contributed by atoms with van der Waals surface area (Å²) in [7, 11) is 3.71. The van der Waals surface area contributed by atoms with E-state index in [9.17, 15) is 9.90 Å². The van der Waals surface area contributed by atoms with E-state index in [0.717, 1.165) is 18.5 Å². The third-order valence-electron chi connectivity index (χ3n) is 8.18. The first-order chi connectivity index (χ1) is 14.3. The largest absolute Gasteiger partial charge is 0.493 e. The van der Waals surface area contributed by atoms with Crippen LogP contribution in [0.3, 0.4) is 0 Å². The summed E-state index contributed by atoms with van der Waals surface area (Å²) in [6.07, 6.45) is 1.85. The van der Waals surface area contributed by atoms with Gasteiger partial charge in [-0.15, -0.1) is 5.10 Å². The topological polar surface area (TPSA) is 83.8 Å². The van der Waals surface area contributed by atoms with Gasteiger partial charge in [-0.2, -0.15) is 5.01 Å². The quantitative estimate of drug-likeness (QED) is 0.749. The van der Waals surface area contributed by atoms with Crippen LogP contribution in [0.1, 0.15) is 44.2 Å². The zero-order valence-electron chi connectivity index (χ0n) is 17.8. The van der Waals surface area contributed by atoms with Crippen molar-refractivity contribution in [3.8, 4) is 11.5 Å². The first-order valence-corrected chi connectivity index (χ1v) is 10.6. The third-order valence-corrected chi connectivity index (χ3v) is 8.18. The fourth-order valence-electron chi connectivity index (χ4n) is 7.08. The zero-order valence-corrected chi connectivity index (χ0v) is 17.8. The average Bonchev–Trinajstić information content (AvgIpc) is 3.23. The Morgan fingerprint density at radius 1 is 1.33 bits per heavy atom. The second-order valence-corrected chi connectivity index (χ2v) is 9.37. The highest BCUT2D eigenvalue weighted by Gasteiger charge is 2.78. The van der Waals surface area contributed by atoms with Crippen LogP contribution in [0.15, 0.2) is 17.2 Å². The molecular weight excluding hydrogens is 386 g/mol. The van der Waals surface area contributed by atoms with Crippen LogP contribution in [0.2, 0.25) is 0 Å². The van der Waals surface area contributed by atoms with E-state index in [-0.39, 0.29) is 11.9 Å². The molecule has 1 N–H and O–H groups in total. The second kappa shape index (κ2) is 5.48. The summed E-state index contributed by atoms with van der Waals surface area (Å²) >= 11 is 0. The monoisotopic (exact) mass is 413 g/mol. The van der Waals surface area contributed by atoms with Crippen molar-refractivity contribution in [3.05, 3.63) is 23.3 Å². The van der Waals surface area contributed by atoms with Gasteiger partial charge < -0.3 is 24.2 Å². The predicted molar refractivity (Wildman–Crippen MR) is 107 cm³/mol. The van der Waals surface area contributed by atoms with Crippen LogP contribution in [0, 0.1) is 0 Å². The molecule has 0 radical (unpaired) electrons. The van der Waals surface area contributed by atoms with Gasteiger partial charge in [0, 0.05) is 31.9 Å². The number of fused-ring (bicyclic) bond motifs is 1. The molecule has 8 heteroatoms. The Kier molecular flexibility index (Phi) is 3.37. The van der Waals surface area contributed by atoms with Crippen LogP contribution in [-0.2, 0) is 21.4 Å². The summed E-state index contributed by atoms with van der Waals surface area (Å²) in [5, 5.41) is 18.2. The van der Waals surface area contributed by atoms with E-state index in [1.165, 1.54) is 17.5 Å². The lowest BCUT2D eigenvalue weighted by Gasteiger charge is -2.65. The lowest BCUT2D eigenvalue weighted by atomic mass is 9.47. The number of likely N-dealkylation sites (N-methyl/N-ethyl adjacent to an activating group) is 1. The summed E-state index contributed by atoms with van der Waals surface area (Å²) < 4.78 is 18.6. The zero-order chi connectivity index (χ0) is 21.1. The number of nitrogens with zero attached hydrogens (tertiary/aromatic N) is 3. The Balaban J connectivity index is 1.64. The first kappa shape index (κ1) is 18.4. The Hall–Kier alpha value is -2.32. The highest BCUT2D eigenvalue weighted by Crippen LogP contribution is 2.68. The second-order valence-electron chi connectivity index (χ2n) is 9.37. The maximum atomic E-state index is 12.6. The molecule has 1 amide bonds. The summed E-state index contributed by atoms with van der Waals surface area (Å²) in [6, 6.07) is 4.02. The van der Waals surface area contributed by atoms with Gasteiger partial charge in [0.25, 0.3) is 0 Å². The number of likely N-dealkylation sites (tertiary alicyclic amines) is 1. The van der Waals surface area contributed by atoms with Crippen LogP contribution in [-0.4, -0.2) is 71.0 Å². The molecule has 2 spiro atoms. The van der Waals surface area contributed by atoms with Crippen molar-refractivity contribution in [1.82, 2.24) is 9.91 Å². The SMILES string of the molecule is COc1ccc2c3c1O[C@H]1[C@]4(CC[C@@]5(O)[C@@H](C2)N(C)CC[C@]315)OC(C)=NN4C(C)=O. The smallest absolute Gasteiger partial charge is 0.244 e. The minimum absolute atomic E-state index is 0.0178. The average molecular weight is 413 g/mol. The molecule has 2 aliphatic carbocycles. The van der Waals surface area contributed by atoms with Gasteiger partial charge in [0.15, 0.2) is 17.6 Å². The fourth-order valence-corrected chi connectivity index (χ4v) is 7.08. The minimum atomic E-state index is -1.07. The van der Waals surface area contributed by atoms with Gasteiger partial charge >= 0.3 is 0 Å². The number of benzene rings is 1. The highest BCUT2D eigenvalue weighted by atomic mass is 16.6. The summed E-state index contributed by atoms with van der Waals surface area (Å²) in [6.45, 7) is 4.09. The number of ether oxygens (including phenoxy) is 3. The van der Waals surface area contributed by atoms with Gasteiger partial charge in [0.2, 0.25) is 17.5 Å². The van der Waals surface area contributed by atoms with Crippen LogP contribution >= 0.6 is 0 Å². The molecule has 3 aliphatic heterocycles. The van der Waals surface area contributed by atoms with E-state index in [2.05, 4.69) is 23.1 Å². The lowest BCUT2D eigenvalue weighted by Crippen LogP contribution is -2.80. The number of carbonyl (C=O) groups excluding carboxylic acids is 1. The summed E-state index contributed by atoms with van der Waals surface area (Å²) in [5.41, 5.74) is -0.524. The van der Waals surface area contributed by atoms with Crippen molar-refractivity contribution in [2.24, 2.45) is 5.10 Å². The molecule has 0 unspecified atom stereocenters. The van der Waals surface area contributed by atoms with Crippen LogP contribution in [0.25, 0.3) is 0 Å². The predicted octanol–water partition coefficient (Wildman–Crippen LogP) is 1.39. The molecule has 6 rings (SSSR count). The summed E-state index contributed by atoms with van der Waals surface area (Å²) in [4.78, 5) is 14.9. The molecule has 3 heterocycles. The lowest BCUT2D eigenvalue weighted by molar-refractivity contribution is -0.255. The van der Waals surface area contributed by atoms with E-state index >= 15 is 0 Å². The van der Waals surface area contributed by atoms with E-state index in [1.807, 2.05) is 6.07 Å². The van der Waals surface area contributed by atoms with Crippen molar-refractivity contribution >= 4 is 11.8 Å². The number of rotatable bonds is 1. The Bertz CT molecular complexity index is 1010. The number of hydrogen-bond donors (Lipinski definition) is 1. The summed E-state index contributed by atoms with van der Waals surface area (Å²) in [5.74, 6) is 1.58. The molecule has 1 aromatic rings. The van der Waals surface area contributed by atoms with Crippen molar-refractivity contribution in [2.75, 3.05) is 20.7 Å². The van der Waals surface area contributed by atoms with Crippen molar-refractivity contribution in [1.29, 1.82) is 0 Å². The minimum Gasteiger partial charge on any atom is -0.493 e. The van der Waals surface area contributed by atoms with Crippen molar-refractivity contribution < 1.29 is 24.1 Å². The van der Waals surface area contributed by atoms with Gasteiger partial charge in [0.05, 0.1) is 18.1 Å². The molecule has 0 aromatic heterocycles. The van der Waals surface area contributed by atoms with Crippen LogP contribution in [0.5, 0.6) is 11.5 Å². The molecular formula is C22H27N3O5. The Labute approximate surface area is 175 Å². The maximum absolute atomic E-state index is 12.6. The highest BCUT2D eigenvalue weighted by molar-refractivity contribution is 5.82. The molecule has 5 atom stereocenters. The molecule has 160 valence electrons. The van der Waals surface area contributed by atoms with Gasteiger partial charge in [0.1, 0.15) is 0 Å². The Morgan fingerprint density at radius 2 is 2.13 bits per heavy atom. The van der Waals surface area contributed by atoms with Crippen LogP contribution in [0.4, 0.5) is 0 Å². The number of hydrazone groups is 1. The van der Waals surface area contributed by atoms with Crippen molar-refractivity contribution in [3.63, 3.8) is 0 Å². The number of amides is 1. The van der Waals surface area contributed by atoms with Gasteiger partial charge in [-0.1, -0.05) is 6.07 Å². The molecule has 1 saturated heterocycles.